The molecule has 0 atom stereocenters. The zero-order valence-corrected chi connectivity index (χ0v) is 32.3. The molecule has 1 saturated carbocycles. The van der Waals surface area contributed by atoms with Crippen LogP contribution in [0.2, 0.25) is 0 Å². The summed E-state index contributed by atoms with van der Waals surface area (Å²) in [4.78, 5) is 54.8. The highest BCUT2D eigenvalue weighted by molar-refractivity contribution is 7.90. The Morgan fingerprint density at radius 1 is 0.964 bits per heavy atom. The van der Waals surface area contributed by atoms with Crippen molar-refractivity contribution in [3.63, 3.8) is 0 Å². The number of carboxylic acids is 1. The van der Waals surface area contributed by atoms with E-state index in [1.54, 1.807) is 30.6 Å². The van der Waals surface area contributed by atoms with Crippen LogP contribution in [-0.2, 0) is 34.3 Å². The second-order valence-corrected chi connectivity index (χ2v) is 17.1. The van der Waals surface area contributed by atoms with E-state index in [0.717, 1.165) is 41.0 Å². The fourth-order valence-electron chi connectivity index (χ4n) is 7.49. The van der Waals surface area contributed by atoms with Crippen LogP contribution in [0, 0.1) is 12.8 Å². The average Bonchev–Trinajstić information content (AvgIpc) is 3.75. The molecule has 7 rings (SSSR count). The number of fused-ring (bicyclic) bond motifs is 2. The average molecular weight is 785 g/mol. The Morgan fingerprint density at radius 2 is 1.80 bits per heavy atom. The van der Waals surface area contributed by atoms with Gasteiger partial charge in [-0.15, -0.1) is 0 Å². The molecule has 5 heterocycles. The number of aromatic nitrogens is 5. The first kappa shape index (κ1) is 38.1. The number of nitrogens with one attached hydrogen (secondary N) is 2. The first-order valence-electron chi connectivity index (χ1n) is 18.7. The minimum atomic E-state index is -4.05. The summed E-state index contributed by atoms with van der Waals surface area (Å²) < 4.78 is 30.4. The van der Waals surface area contributed by atoms with Crippen LogP contribution in [0.4, 0.5) is 10.9 Å². The number of pyridine rings is 2. The number of rotatable bonds is 14. The maximum Gasteiger partial charge on any atom is 0.303 e. The molecule has 0 saturated heterocycles. The van der Waals surface area contributed by atoms with Gasteiger partial charge in [0.05, 0.1) is 11.9 Å². The molecule has 2 aliphatic rings. The predicted molar refractivity (Wildman–Crippen MR) is 211 cm³/mol. The van der Waals surface area contributed by atoms with E-state index < -0.39 is 21.9 Å². The second kappa shape index (κ2) is 16.7. The summed E-state index contributed by atoms with van der Waals surface area (Å²) in [5, 5.41) is 17.0. The van der Waals surface area contributed by atoms with Crippen molar-refractivity contribution in [3.8, 4) is 11.1 Å². The molecule has 1 fully saturated rings. The molecule has 55 heavy (non-hydrogen) atoms. The van der Waals surface area contributed by atoms with Crippen LogP contribution in [0.1, 0.15) is 95.5 Å². The molecule has 0 radical (unpaired) electrons. The van der Waals surface area contributed by atoms with Gasteiger partial charge in [-0.05, 0) is 86.4 Å². The van der Waals surface area contributed by atoms with Gasteiger partial charge < -0.3 is 10.0 Å². The molecule has 1 aliphatic carbocycles. The normalized spacial score (nSPS) is 14.8. The number of hydrogen-bond donors (Lipinski definition) is 3. The summed E-state index contributed by atoms with van der Waals surface area (Å²) in [7, 11) is -4.05. The summed E-state index contributed by atoms with van der Waals surface area (Å²) in [5.74, 6) is -1.43. The highest BCUT2D eigenvalue weighted by atomic mass is 32.2. The number of sulfonamides is 1. The number of carbonyl (C=O) groups excluding carboxylic acids is 2. The highest BCUT2D eigenvalue weighted by Gasteiger charge is 2.28. The molecule has 5 aromatic rings. The van der Waals surface area contributed by atoms with Gasteiger partial charge in [-0.2, -0.15) is 5.10 Å². The number of nitrogens with zero attached hydrogens (tertiary/aromatic N) is 6. The minimum Gasteiger partial charge on any atom is -0.481 e. The van der Waals surface area contributed by atoms with E-state index in [0.29, 0.717) is 71.4 Å². The third-order valence-electron chi connectivity index (χ3n) is 10.4. The molecule has 0 spiro atoms. The number of anilines is 2. The van der Waals surface area contributed by atoms with E-state index in [-0.39, 0.29) is 30.2 Å². The zero-order valence-electron chi connectivity index (χ0n) is 30.7. The fourth-order valence-corrected chi connectivity index (χ4v) is 9.36. The standard InChI is InChI=1S/C39H44N8O6S2/c1-25-30(22-41-47(25)23-26-10-4-2-5-11-26)28-16-17-33(43-35(28)37(51)45-55(52,53)21-7-3-6-15-34(48)49)46-20-18-27-12-8-13-29(31(27)24-46)36(50)44-39-42-32-14-9-19-40-38(32)54-39/h8-9,12-14,16-17,19,22,26H,2-7,10-11,15,18,20-21,23-24H2,1H3,(H,45,51)(H,48,49)(H,42,44,50). The van der Waals surface area contributed by atoms with Crippen molar-refractivity contribution in [1.29, 1.82) is 0 Å². The lowest BCUT2D eigenvalue weighted by atomic mass is 9.89. The summed E-state index contributed by atoms with van der Waals surface area (Å²) >= 11 is 1.30. The molecule has 3 N–H and O–H groups in total. The van der Waals surface area contributed by atoms with E-state index in [1.807, 2.05) is 40.8 Å². The Bertz CT molecular complexity index is 2300. The smallest absolute Gasteiger partial charge is 0.303 e. The van der Waals surface area contributed by atoms with E-state index in [1.165, 1.54) is 30.6 Å². The van der Waals surface area contributed by atoms with Crippen molar-refractivity contribution in [2.24, 2.45) is 5.92 Å². The van der Waals surface area contributed by atoms with Gasteiger partial charge in [-0.1, -0.05) is 49.2 Å². The number of thiazole rings is 1. The minimum absolute atomic E-state index is 0.0474. The van der Waals surface area contributed by atoms with Gasteiger partial charge in [0.15, 0.2) is 5.13 Å². The first-order valence-corrected chi connectivity index (χ1v) is 21.2. The summed E-state index contributed by atoms with van der Waals surface area (Å²) in [6, 6.07) is 12.9. The molecular formula is C39H44N8O6S2. The third kappa shape index (κ3) is 9.02. The Hall–Kier alpha value is -5.22. The van der Waals surface area contributed by atoms with Crippen molar-refractivity contribution in [1.82, 2.24) is 29.5 Å². The fraction of sp³-hybridized carbons (Fsp3) is 0.410. The van der Waals surface area contributed by atoms with E-state index in [4.69, 9.17) is 10.1 Å². The largest absolute Gasteiger partial charge is 0.481 e. The molecule has 1 aromatic carbocycles. The topological polar surface area (TPSA) is 189 Å². The van der Waals surface area contributed by atoms with Crippen molar-refractivity contribution < 1.29 is 27.9 Å². The van der Waals surface area contributed by atoms with Crippen LogP contribution in [0.15, 0.2) is 54.9 Å². The highest BCUT2D eigenvalue weighted by Crippen LogP contribution is 2.33. The maximum atomic E-state index is 13.9. The Morgan fingerprint density at radius 3 is 2.60 bits per heavy atom. The number of hydrogen-bond acceptors (Lipinski definition) is 11. The predicted octanol–water partition coefficient (Wildman–Crippen LogP) is 6.36. The molecule has 1 aliphatic heterocycles. The number of unbranched alkanes of at least 4 members (excludes halogenated alkanes) is 2. The summed E-state index contributed by atoms with van der Waals surface area (Å²) in [6.07, 6.45) is 10.9. The number of benzene rings is 1. The van der Waals surface area contributed by atoms with E-state index >= 15 is 0 Å². The zero-order chi connectivity index (χ0) is 38.5. The molecule has 0 unspecified atom stereocenters. The number of carbonyl (C=O) groups is 3. The SMILES string of the molecule is Cc1c(-c2ccc(N3CCc4cccc(C(=O)Nc5nc6cccnc6s5)c4C3)nc2C(=O)NS(=O)(=O)CCCCCC(=O)O)cnn1CC1CCCCC1. The number of aliphatic carboxylic acids is 1. The van der Waals surface area contributed by atoms with Gasteiger partial charge in [0.2, 0.25) is 10.0 Å². The van der Waals surface area contributed by atoms with Gasteiger partial charge in [0.25, 0.3) is 11.8 Å². The molecule has 16 heteroatoms. The van der Waals surface area contributed by atoms with Gasteiger partial charge in [-0.3, -0.25) is 24.4 Å². The lowest BCUT2D eigenvalue weighted by Crippen LogP contribution is -2.35. The van der Waals surface area contributed by atoms with Crippen molar-refractivity contribution >= 4 is 60.4 Å². The summed E-state index contributed by atoms with van der Waals surface area (Å²) in [5.41, 5.74) is 5.03. The van der Waals surface area contributed by atoms with Gasteiger partial charge in [0.1, 0.15) is 21.9 Å². The maximum absolute atomic E-state index is 13.9. The molecule has 0 bridgehead atoms. The molecule has 2 amide bonds. The Balaban J connectivity index is 1.15. The first-order chi connectivity index (χ1) is 26.5. The number of amides is 2. The van der Waals surface area contributed by atoms with Crippen molar-refractivity contribution in [2.45, 2.75) is 84.2 Å². The second-order valence-electron chi connectivity index (χ2n) is 14.3. The quantitative estimate of drug-likeness (QED) is 0.106. The molecule has 288 valence electrons. The van der Waals surface area contributed by atoms with Crippen LogP contribution < -0.4 is 14.9 Å². The molecular weight excluding hydrogens is 741 g/mol. The Kier molecular flexibility index (Phi) is 11.5. The van der Waals surface area contributed by atoms with Crippen LogP contribution in [-0.4, -0.2) is 68.3 Å². The number of carboxylic acid groups (broad SMARTS) is 1. The van der Waals surface area contributed by atoms with Crippen molar-refractivity contribution in [3.05, 3.63) is 82.9 Å². The third-order valence-corrected chi connectivity index (χ3v) is 12.6. The van der Waals surface area contributed by atoms with Crippen LogP contribution in [0.3, 0.4) is 0 Å². The van der Waals surface area contributed by atoms with Gasteiger partial charge >= 0.3 is 5.97 Å². The molecule has 14 nitrogen and oxygen atoms in total. The lowest BCUT2D eigenvalue weighted by Gasteiger charge is -2.31. The monoisotopic (exact) mass is 784 g/mol. The van der Waals surface area contributed by atoms with E-state index in [9.17, 15) is 22.8 Å². The van der Waals surface area contributed by atoms with Gasteiger partial charge in [0, 0.05) is 54.6 Å². The summed E-state index contributed by atoms with van der Waals surface area (Å²) in [6.45, 7) is 3.62. The van der Waals surface area contributed by atoms with E-state index in [2.05, 4.69) is 25.1 Å². The van der Waals surface area contributed by atoms with Crippen LogP contribution in [0.25, 0.3) is 21.5 Å². The lowest BCUT2D eigenvalue weighted by molar-refractivity contribution is -0.137. The van der Waals surface area contributed by atoms with Gasteiger partial charge in [-0.25, -0.2) is 28.1 Å². The van der Waals surface area contributed by atoms with Crippen LogP contribution >= 0.6 is 11.3 Å². The van der Waals surface area contributed by atoms with Crippen molar-refractivity contribution in [2.75, 3.05) is 22.5 Å². The Labute approximate surface area is 323 Å². The van der Waals surface area contributed by atoms with Crippen LogP contribution in [0.5, 0.6) is 0 Å². The molecule has 4 aromatic heterocycles.